The van der Waals surface area contributed by atoms with Crippen LogP contribution >= 0.6 is 0 Å². The molecule has 0 spiro atoms. The quantitative estimate of drug-likeness (QED) is 0.275. The Bertz CT molecular complexity index is 960. The lowest BCUT2D eigenvalue weighted by molar-refractivity contribution is 0.171. The van der Waals surface area contributed by atoms with E-state index >= 15 is 0 Å². The molecule has 0 aliphatic carbocycles. The molecule has 8 nitrogen and oxygen atoms in total. The molecular weight excluding hydrogens is 416 g/mol. The first kappa shape index (κ1) is 24.6. The minimum Gasteiger partial charge on any atom is -0.493 e. The number of nitrogens with one attached hydrogen (secondary N) is 2. The maximum atomic E-state index is 11.3. The maximum absolute atomic E-state index is 11.3. The van der Waals surface area contributed by atoms with Gasteiger partial charge in [0.25, 0.3) is 0 Å². The molecule has 0 heterocycles. The Morgan fingerprint density at radius 1 is 1.10 bits per heavy atom. The standard InChI is InChI=1S/C22H32N4O4S/c1-17-5-8-19(21(15-17)30-14-4-13-29-3)16-26-22(24-2)25-12-11-18-6-9-20(10-7-18)31(23,27)28/h5-10,15H,4,11-14,16H2,1-3H3,(H2,23,27,28)(H2,24,25,26). The number of primary sulfonamides is 1. The van der Waals surface area contributed by atoms with Gasteiger partial charge in [-0.3, -0.25) is 4.99 Å². The number of sulfonamides is 1. The van der Waals surface area contributed by atoms with Crippen molar-refractivity contribution in [3.8, 4) is 5.75 Å². The third-order valence-corrected chi connectivity index (χ3v) is 5.53. The molecule has 0 radical (unpaired) electrons. The highest BCUT2D eigenvalue weighted by atomic mass is 32.2. The van der Waals surface area contributed by atoms with Gasteiger partial charge >= 0.3 is 0 Å². The van der Waals surface area contributed by atoms with Gasteiger partial charge in [0.1, 0.15) is 5.75 Å². The summed E-state index contributed by atoms with van der Waals surface area (Å²) in [4.78, 5) is 4.37. The molecule has 170 valence electrons. The lowest BCUT2D eigenvalue weighted by Crippen LogP contribution is -2.37. The topological polar surface area (TPSA) is 115 Å². The average molecular weight is 449 g/mol. The number of hydrogen-bond acceptors (Lipinski definition) is 5. The zero-order valence-electron chi connectivity index (χ0n) is 18.3. The fraction of sp³-hybridized carbons (Fsp3) is 0.409. The summed E-state index contributed by atoms with van der Waals surface area (Å²) in [5, 5.41) is 11.7. The minimum atomic E-state index is -3.67. The van der Waals surface area contributed by atoms with E-state index < -0.39 is 10.0 Å². The molecule has 0 atom stereocenters. The number of ether oxygens (including phenoxy) is 2. The molecular formula is C22H32N4O4S. The molecule has 4 N–H and O–H groups in total. The SMILES string of the molecule is CN=C(NCCc1ccc(S(N)(=O)=O)cc1)NCc1ccc(C)cc1OCCCOC. The summed E-state index contributed by atoms with van der Waals surface area (Å²) in [6, 6.07) is 12.7. The lowest BCUT2D eigenvalue weighted by atomic mass is 10.1. The number of hydrogen-bond donors (Lipinski definition) is 3. The number of aliphatic imine (C=N–C) groups is 1. The monoisotopic (exact) mass is 448 g/mol. The summed E-state index contributed by atoms with van der Waals surface area (Å²) in [6.07, 6.45) is 1.54. The second-order valence-electron chi connectivity index (χ2n) is 7.10. The summed E-state index contributed by atoms with van der Waals surface area (Å²) >= 11 is 0. The van der Waals surface area contributed by atoms with E-state index in [0.29, 0.717) is 38.7 Å². The number of methoxy groups -OCH3 is 1. The number of benzene rings is 2. The van der Waals surface area contributed by atoms with Crippen LogP contribution in [-0.2, 0) is 27.7 Å². The Kier molecular flexibility index (Phi) is 9.77. The lowest BCUT2D eigenvalue weighted by Gasteiger charge is -2.15. The highest BCUT2D eigenvalue weighted by Crippen LogP contribution is 2.20. The number of aryl methyl sites for hydroxylation is 1. The largest absolute Gasteiger partial charge is 0.493 e. The van der Waals surface area contributed by atoms with Crippen molar-refractivity contribution in [3.05, 3.63) is 59.2 Å². The molecule has 9 heteroatoms. The second-order valence-corrected chi connectivity index (χ2v) is 8.66. The van der Waals surface area contributed by atoms with Crippen molar-refractivity contribution in [1.82, 2.24) is 10.6 Å². The van der Waals surface area contributed by atoms with Gasteiger partial charge in [-0.25, -0.2) is 13.6 Å². The van der Waals surface area contributed by atoms with Gasteiger partial charge in [0, 0.05) is 45.8 Å². The minimum absolute atomic E-state index is 0.111. The molecule has 0 aliphatic heterocycles. The van der Waals surface area contributed by atoms with Crippen LogP contribution in [0.1, 0.15) is 23.1 Å². The molecule has 0 unspecified atom stereocenters. The summed E-state index contributed by atoms with van der Waals surface area (Å²) in [7, 11) is -0.271. The van der Waals surface area contributed by atoms with E-state index in [-0.39, 0.29) is 4.90 Å². The Balaban J connectivity index is 1.85. The molecule has 0 aromatic heterocycles. The smallest absolute Gasteiger partial charge is 0.238 e. The van der Waals surface area contributed by atoms with Gasteiger partial charge in [0.2, 0.25) is 10.0 Å². The van der Waals surface area contributed by atoms with E-state index in [9.17, 15) is 8.42 Å². The van der Waals surface area contributed by atoms with Crippen LogP contribution in [0.2, 0.25) is 0 Å². The van der Waals surface area contributed by atoms with Crippen molar-refractivity contribution in [2.45, 2.75) is 31.2 Å². The molecule has 0 bridgehead atoms. The number of guanidine groups is 1. The highest BCUT2D eigenvalue weighted by molar-refractivity contribution is 7.89. The van der Waals surface area contributed by atoms with E-state index in [1.54, 1.807) is 26.3 Å². The number of nitrogens with zero attached hydrogens (tertiary/aromatic N) is 1. The number of nitrogens with two attached hydrogens (primary N) is 1. The Morgan fingerprint density at radius 2 is 1.84 bits per heavy atom. The highest BCUT2D eigenvalue weighted by Gasteiger charge is 2.08. The predicted molar refractivity (Wildman–Crippen MR) is 123 cm³/mol. The summed E-state index contributed by atoms with van der Waals surface area (Å²) in [6.45, 7) is 4.52. The third kappa shape index (κ3) is 8.56. The van der Waals surface area contributed by atoms with Crippen molar-refractivity contribution in [1.29, 1.82) is 0 Å². The van der Waals surface area contributed by atoms with E-state index in [1.807, 2.05) is 19.1 Å². The fourth-order valence-electron chi connectivity index (χ4n) is 2.90. The molecule has 0 aliphatic rings. The van der Waals surface area contributed by atoms with Crippen LogP contribution in [0.25, 0.3) is 0 Å². The molecule has 31 heavy (non-hydrogen) atoms. The zero-order chi connectivity index (χ0) is 22.7. The van der Waals surface area contributed by atoms with Gasteiger partial charge in [0.15, 0.2) is 5.96 Å². The molecule has 0 amide bonds. The Hall–Kier alpha value is -2.62. The average Bonchev–Trinajstić information content (AvgIpc) is 2.74. The van der Waals surface area contributed by atoms with Gasteiger partial charge in [-0.2, -0.15) is 0 Å². The Labute approximate surface area is 184 Å². The fourth-order valence-corrected chi connectivity index (χ4v) is 3.41. The zero-order valence-corrected chi connectivity index (χ0v) is 19.2. The van der Waals surface area contributed by atoms with Crippen molar-refractivity contribution >= 4 is 16.0 Å². The van der Waals surface area contributed by atoms with Crippen molar-refractivity contribution in [2.24, 2.45) is 10.1 Å². The Morgan fingerprint density at radius 3 is 2.48 bits per heavy atom. The van der Waals surface area contributed by atoms with E-state index in [1.165, 1.54) is 12.1 Å². The summed E-state index contributed by atoms with van der Waals surface area (Å²) in [5.41, 5.74) is 3.19. The molecule has 2 aromatic carbocycles. The van der Waals surface area contributed by atoms with Gasteiger partial charge in [-0.15, -0.1) is 0 Å². The van der Waals surface area contributed by atoms with E-state index in [4.69, 9.17) is 14.6 Å². The molecule has 2 rings (SSSR count). The summed E-state index contributed by atoms with van der Waals surface area (Å²) in [5.74, 6) is 1.53. The predicted octanol–water partition coefficient (Wildman–Crippen LogP) is 1.97. The van der Waals surface area contributed by atoms with Crippen LogP contribution in [-0.4, -0.2) is 48.3 Å². The van der Waals surface area contributed by atoms with Crippen LogP contribution in [0, 0.1) is 6.92 Å². The molecule has 2 aromatic rings. The third-order valence-electron chi connectivity index (χ3n) is 4.60. The van der Waals surface area contributed by atoms with Crippen LogP contribution < -0.4 is 20.5 Å². The van der Waals surface area contributed by atoms with Crippen LogP contribution in [0.3, 0.4) is 0 Å². The van der Waals surface area contributed by atoms with Gasteiger partial charge in [-0.1, -0.05) is 24.3 Å². The van der Waals surface area contributed by atoms with Crippen molar-refractivity contribution in [3.63, 3.8) is 0 Å². The normalized spacial score (nSPS) is 11.9. The molecule has 0 fully saturated rings. The van der Waals surface area contributed by atoms with E-state index in [0.717, 1.165) is 28.9 Å². The number of rotatable bonds is 11. The van der Waals surface area contributed by atoms with Gasteiger partial charge in [0.05, 0.1) is 11.5 Å². The van der Waals surface area contributed by atoms with Crippen LogP contribution in [0.5, 0.6) is 5.75 Å². The van der Waals surface area contributed by atoms with Crippen LogP contribution in [0.15, 0.2) is 52.4 Å². The van der Waals surface area contributed by atoms with Crippen molar-refractivity contribution < 1.29 is 17.9 Å². The summed E-state index contributed by atoms with van der Waals surface area (Å²) < 4.78 is 33.7. The van der Waals surface area contributed by atoms with Gasteiger partial charge in [-0.05, 0) is 42.7 Å². The first-order chi connectivity index (χ1) is 14.8. The first-order valence-electron chi connectivity index (χ1n) is 10.1. The van der Waals surface area contributed by atoms with Gasteiger partial charge < -0.3 is 20.1 Å². The molecule has 0 saturated carbocycles. The first-order valence-corrected chi connectivity index (χ1v) is 11.7. The van der Waals surface area contributed by atoms with Crippen LogP contribution in [0.4, 0.5) is 0 Å². The second kappa shape index (κ2) is 12.3. The molecule has 0 saturated heterocycles. The van der Waals surface area contributed by atoms with Crippen molar-refractivity contribution in [2.75, 3.05) is 33.9 Å². The maximum Gasteiger partial charge on any atom is 0.238 e. The van der Waals surface area contributed by atoms with E-state index in [2.05, 4.69) is 21.7 Å².